The molecule has 2 rings (SSSR count). The quantitative estimate of drug-likeness (QED) is 0.329. The van der Waals surface area contributed by atoms with Crippen molar-refractivity contribution < 1.29 is 14.3 Å². The number of benzene rings is 1. The van der Waals surface area contributed by atoms with Gasteiger partial charge in [-0.25, -0.2) is 4.79 Å². The molecule has 1 unspecified atom stereocenters. The predicted octanol–water partition coefficient (Wildman–Crippen LogP) is 5.94. The lowest BCUT2D eigenvalue weighted by Crippen LogP contribution is -2.51. The lowest BCUT2D eigenvalue weighted by Gasteiger charge is -2.34. The monoisotopic (exact) mass is 500 g/mol. The van der Waals surface area contributed by atoms with E-state index in [2.05, 4.69) is 48.5 Å². The molecule has 1 heterocycles. The minimum atomic E-state index is -0.500. The first-order valence-corrected chi connectivity index (χ1v) is 12.9. The van der Waals surface area contributed by atoms with Crippen LogP contribution in [-0.2, 0) is 16.1 Å². The highest BCUT2D eigenvalue weighted by atomic mass is 16.6. The van der Waals surface area contributed by atoms with Crippen LogP contribution in [0, 0.1) is 12.8 Å². The maximum atomic E-state index is 12.2. The molecule has 1 aromatic heterocycles. The van der Waals surface area contributed by atoms with E-state index in [0.717, 1.165) is 12.0 Å². The van der Waals surface area contributed by atoms with Gasteiger partial charge in [0.25, 0.3) is 0 Å². The lowest BCUT2D eigenvalue weighted by molar-refractivity contribution is -0.133. The molecule has 2 aromatic rings. The maximum Gasteiger partial charge on any atom is 0.407 e. The molecule has 2 amide bonds. The van der Waals surface area contributed by atoms with Crippen LogP contribution >= 0.6 is 0 Å². The first kappa shape index (κ1) is 33.1. The molecule has 0 saturated heterocycles. The molecule has 0 saturated carbocycles. The summed E-state index contributed by atoms with van der Waals surface area (Å²) < 4.78 is 5.21. The fraction of sp³-hybridized carbons (Fsp3) is 0.552. The Kier molecular flexibility index (Phi) is 16.9. The molecular weight excluding hydrogens is 452 g/mol. The number of nitrogens with zero attached hydrogens (tertiary/aromatic N) is 2. The Morgan fingerprint density at radius 1 is 1.00 bits per heavy atom. The van der Waals surface area contributed by atoms with Crippen molar-refractivity contribution in [3.8, 4) is 0 Å². The molecule has 0 spiro atoms. The van der Waals surface area contributed by atoms with Crippen molar-refractivity contribution in [2.45, 2.75) is 87.0 Å². The molecule has 7 heteroatoms. The maximum absolute atomic E-state index is 12.2. The number of nitrogens with one attached hydrogen (secondary N) is 2. The Morgan fingerprint density at radius 3 is 2.03 bits per heavy atom. The summed E-state index contributed by atoms with van der Waals surface area (Å²) in [6.07, 6.45) is 3.70. The molecule has 0 fully saturated rings. The van der Waals surface area contributed by atoms with Crippen LogP contribution in [0.15, 0.2) is 54.9 Å². The van der Waals surface area contributed by atoms with Crippen molar-refractivity contribution in [1.82, 2.24) is 20.5 Å². The van der Waals surface area contributed by atoms with Crippen LogP contribution in [0.5, 0.6) is 0 Å². The van der Waals surface area contributed by atoms with Crippen molar-refractivity contribution >= 4 is 12.0 Å². The molecule has 0 aliphatic rings. The van der Waals surface area contributed by atoms with Crippen molar-refractivity contribution in [3.05, 3.63) is 66.0 Å². The van der Waals surface area contributed by atoms with Crippen LogP contribution in [0.25, 0.3) is 0 Å². The summed E-state index contributed by atoms with van der Waals surface area (Å²) in [7, 11) is 0. The Morgan fingerprint density at radius 2 is 1.58 bits per heavy atom. The van der Waals surface area contributed by atoms with E-state index in [9.17, 15) is 9.59 Å². The van der Waals surface area contributed by atoms with Crippen LogP contribution in [0.4, 0.5) is 4.79 Å². The minimum absolute atomic E-state index is 0.0184. The topological polar surface area (TPSA) is 83.6 Å². The number of ether oxygens (including phenoxy) is 1. The number of carbonyl (C=O) groups excluding carboxylic acids is 2. The summed E-state index contributed by atoms with van der Waals surface area (Å²) in [5.74, 6) is 0.263. The standard InChI is InChI=1S/C20H34N4O3.C7H8.C2H6/c1-15(2)18(22-10-7-11-23-19(26)27-20(4,5)6)24(16(3)25)14-17-8-12-21-13-9-17;1-7-5-3-2-4-6-7;1-2/h8-9,12-13,15,18,22H,7,10-11,14H2,1-6H3,(H,23,26);2-6H,1H3;1-2H3. The van der Waals surface area contributed by atoms with Crippen LogP contribution in [0.1, 0.15) is 72.9 Å². The first-order valence-electron chi connectivity index (χ1n) is 12.9. The molecule has 0 bridgehead atoms. The second-order valence-corrected chi connectivity index (χ2v) is 9.58. The molecule has 2 N–H and O–H groups in total. The smallest absolute Gasteiger partial charge is 0.407 e. The summed E-state index contributed by atoms with van der Waals surface area (Å²) in [6.45, 7) is 19.1. The number of rotatable bonds is 9. The van der Waals surface area contributed by atoms with E-state index in [1.807, 2.05) is 69.9 Å². The number of aryl methyl sites for hydroxylation is 1. The number of amides is 2. The van der Waals surface area contributed by atoms with Crippen LogP contribution < -0.4 is 10.6 Å². The highest BCUT2D eigenvalue weighted by molar-refractivity contribution is 5.73. The van der Waals surface area contributed by atoms with Crippen LogP contribution in [0.2, 0.25) is 0 Å². The Labute approximate surface area is 219 Å². The summed E-state index contributed by atoms with van der Waals surface area (Å²) in [5, 5.41) is 6.19. The number of hydrogen-bond donors (Lipinski definition) is 2. The summed E-state index contributed by atoms with van der Waals surface area (Å²) >= 11 is 0. The number of aromatic nitrogens is 1. The van der Waals surface area contributed by atoms with Gasteiger partial charge in [0.05, 0.1) is 6.17 Å². The third-order valence-corrected chi connectivity index (χ3v) is 4.79. The fourth-order valence-electron chi connectivity index (χ4n) is 3.17. The van der Waals surface area contributed by atoms with Gasteiger partial charge in [-0.2, -0.15) is 0 Å². The lowest BCUT2D eigenvalue weighted by atomic mass is 10.1. The molecule has 1 aromatic carbocycles. The van der Waals surface area contributed by atoms with Gasteiger partial charge in [0.15, 0.2) is 0 Å². The average Bonchev–Trinajstić information content (AvgIpc) is 2.81. The van der Waals surface area contributed by atoms with Crippen LogP contribution in [-0.4, -0.2) is 46.7 Å². The van der Waals surface area contributed by atoms with Gasteiger partial charge >= 0.3 is 6.09 Å². The molecule has 7 nitrogen and oxygen atoms in total. The second kappa shape index (κ2) is 18.4. The SMILES string of the molecule is CC.CC(=O)N(Cc1ccncc1)C(NCCCNC(=O)OC(C)(C)C)C(C)C.Cc1ccccc1. The minimum Gasteiger partial charge on any atom is -0.444 e. The Hall–Kier alpha value is -2.93. The van der Waals surface area contributed by atoms with Crippen molar-refractivity contribution in [3.63, 3.8) is 0 Å². The zero-order chi connectivity index (χ0) is 27.6. The van der Waals surface area contributed by atoms with E-state index in [0.29, 0.717) is 19.6 Å². The van der Waals surface area contributed by atoms with Gasteiger partial charge in [0.2, 0.25) is 5.91 Å². The normalized spacial score (nSPS) is 11.3. The summed E-state index contributed by atoms with van der Waals surface area (Å²) in [4.78, 5) is 29.7. The van der Waals surface area contributed by atoms with Crippen LogP contribution in [0.3, 0.4) is 0 Å². The van der Waals surface area contributed by atoms with Gasteiger partial charge in [-0.15, -0.1) is 0 Å². The highest BCUT2D eigenvalue weighted by Gasteiger charge is 2.23. The Balaban J connectivity index is 0.00000114. The highest BCUT2D eigenvalue weighted by Crippen LogP contribution is 2.13. The largest absolute Gasteiger partial charge is 0.444 e. The van der Waals surface area contributed by atoms with Gasteiger partial charge in [-0.05, 0) is 64.3 Å². The van der Waals surface area contributed by atoms with E-state index in [1.165, 1.54) is 5.56 Å². The number of carbonyl (C=O) groups is 2. The van der Waals surface area contributed by atoms with E-state index >= 15 is 0 Å². The molecule has 1 atom stereocenters. The Bertz CT molecular complexity index is 837. The van der Waals surface area contributed by atoms with E-state index < -0.39 is 11.7 Å². The van der Waals surface area contributed by atoms with Gasteiger partial charge in [0, 0.05) is 32.4 Å². The molecule has 202 valence electrons. The van der Waals surface area contributed by atoms with Crippen molar-refractivity contribution in [1.29, 1.82) is 0 Å². The average molecular weight is 501 g/mol. The summed E-state index contributed by atoms with van der Waals surface area (Å²) in [6, 6.07) is 14.1. The molecule has 0 radical (unpaired) electrons. The second-order valence-electron chi connectivity index (χ2n) is 9.58. The zero-order valence-corrected chi connectivity index (χ0v) is 23.8. The predicted molar refractivity (Wildman–Crippen MR) is 148 cm³/mol. The third kappa shape index (κ3) is 15.9. The first-order chi connectivity index (χ1) is 17.0. The number of hydrogen-bond acceptors (Lipinski definition) is 5. The van der Waals surface area contributed by atoms with E-state index in [-0.39, 0.29) is 18.0 Å². The molecule has 36 heavy (non-hydrogen) atoms. The third-order valence-electron chi connectivity index (χ3n) is 4.79. The molecule has 0 aliphatic carbocycles. The molecular formula is C29H48N4O3. The zero-order valence-electron chi connectivity index (χ0n) is 23.8. The summed E-state index contributed by atoms with van der Waals surface area (Å²) in [5.41, 5.74) is 1.86. The molecule has 0 aliphatic heterocycles. The van der Waals surface area contributed by atoms with Crippen molar-refractivity contribution in [2.75, 3.05) is 13.1 Å². The number of pyridine rings is 1. The van der Waals surface area contributed by atoms with Gasteiger partial charge in [0.1, 0.15) is 5.60 Å². The van der Waals surface area contributed by atoms with Gasteiger partial charge in [-0.3, -0.25) is 15.1 Å². The van der Waals surface area contributed by atoms with E-state index in [1.54, 1.807) is 19.3 Å². The fourth-order valence-corrected chi connectivity index (χ4v) is 3.17. The van der Waals surface area contributed by atoms with Crippen molar-refractivity contribution in [2.24, 2.45) is 5.92 Å². The number of alkyl carbamates (subject to hydrolysis) is 1. The van der Waals surface area contributed by atoms with Gasteiger partial charge in [-0.1, -0.05) is 63.6 Å². The van der Waals surface area contributed by atoms with Gasteiger partial charge < -0.3 is 15.0 Å². The van der Waals surface area contributed by atoms with E-state index in [4.69, 9.17) is 4.74 Å².